The summed E-state index contributed by atoms with van der Waals surface area (Å²) in [6.45, 7) is 1.82. The van der Waals surface area contributed by atoms with Crippen LogP contribution in [0.2, 0.25) is 0 Å². The Labute approximate surface area is 93.5 Å². The van der Waals surface area contributed by atoms with Gasteiger partial charge in [-0.05, 0) is 45.6 Å². The average Bonchev–Trinajstić information content (AvgIpc) is 2.29. The molecular weight excluding hydrogens is 190 g/mol. The van der Waals surface area contributed by atoms with Gasteiger partial charge in [0, 0.05) is 26.4 Å². The highest BCUT2D eigenvalue weighted by molar-refractivity contribution is 4.73. The molecule has 0 bridgehead atoms. The maximum atomic E-state index is 5.75. The molecule has 1 aliphatic heterocycles. The molecule has 0 radical (unpaired) electrons. The Morgan fingerprint density at radius 1 is 1.47 bits per heavy atom. The molecule has 1 heterocycles. The molecule has 1 N–H and O–H groups in total. The van der Waals surface area contributed by atoms with E-state index in [9.17, 15) is 0 Å². The molecule has 15 heavy (non-hydrogen) atoms. The van der Waals surface area contributed by atoms with Gasteiger partial charge in [0.1, 0.15) is 0 Å². The lowest BCUT2D eigenvalue weighted by Crippen LogP contribution is -2.32. The highest BCUT2D eigenvalue weighted by atomic mass is 16.5. The molecule has 0 spiro atoms. The molecule has 90 valence electrons. The third-order valence-corrected chi connectivity index (χ3v) is 3.13. The first-order chi connectivity index (χ1) is 7.36. The van der Waals surface area contributed by atoms with Gasteiger partial charge in [0.2, 0.25) is 0 Å². The van der Waals surface area contributed by atoms with Crippen molar-refractivity contribution in [3.63, 3.8) is 0 Å². The summed E-state index contributed by atoms with van der Waals surface area (Å²) in [7, 11) is 3.80. The van der Waals surface area contributed by atoms with Crippen LogP contribution in [0.5, 0.6) is 0 Å². The molecule has 1 saturated heterocycles. The van der Waals surface area contributed by atoms with Gasteiger partial charge in [-0.1, -0.05) is 0 Å². The summed E-state index contributed by atoms with van der Waals surface area (Å²) in [4.78, 5) is 0. The molecule has 3 nitrogen and oxygen atoms in total. The van der Waals surface area contributed by atoms with Gasteiger partial charge in [0.15, 0.2) is 0 Å². The molecule has 1 aliphatic rings. The summed E-state index contributed by atoms with van der Waals surface area (Å²) < 4.78 is 10.8. The van der Waals surface area contributed by atoms with Crippen LogP contribution in [0.3, 0.4) is 0 Å². The van der Waals surface area contributed by atoms with Crippen molar-refractivity contribution < 1.29 is 9.47 Å². The Bertz CT molecular complexity index is 147. The van der Waals surface area contributed by atoms with Crippen molar-refractivity contribution in [3.05, 3.63) is 0 Å². The zero-order valence-electron chi connectivity index (χ0n) is 10.1. The molecule has 0 aromatic heterocycles. The zero-order chi connectivity index (χ0) is 10.9. The quantitative estimate of drug-likeness (QED) is 0.659. The summed E-state index contributed by atoms with van der Waals surface area (Å²) >= 11 is 0. The van der Waals surface area contributed by atoms with Gasteiger partial charge in [-0.15, -0.1) is 0 Å². The molecular formula is C12H25NO2. The minimum atomic E-state index is 0.485. The lowest BCUT2D eigenvalue weighted by atomic mass is 9.99. The molecule has 0 aromatic carbocycles. The van der Waals surface area contributed by atoms with Gasteiger partial charge in [0.05, 0.1) is 6.10 Å². The fourth-order valence-corrected chi connectivity index (χ4v) is 2.16. The number of hydrogen-bond acceptors (Lipinski definition) is 3. The molecule has 1 rings (SSSR count). The van der Waals surface area contributed by atoms with E-state index in [2.05, 4.69) is 5.32 Å². The summed E-state index contributed by atoms with van der Waals surface area (Å²) in [5.41, 5.74) is 0. The summed E-state index contributed by atoms with van der Waals surface area (Å²) in [6.07, 6.45) is 7.77. The molecule has 1 fully saturated rings. The van der Waals surface area contributed by atoms with Crippen LogP contribution in [0.1, 0.15) is 38.5 Å². The van der Waals surface area contributed by atoms with Crippen molar-refractivity contribution in [1.82, 2.24) is 5.32 Å². The van der Waals surface area contributed by atoms with Gasteiger partial charge in [0.25, 0.3) is 0 Å². The lowest BCUT2D eigenvalue weighted by Gasteiger charge is -2.26. The minimum absolute atomic E-state index is 0.485. The zero-order valence-corrected chi connectivity index (χ0v) is 10.1. The van der Waals surface area contributed by atoms with Crippen LogP contribution < -0.4 is 5.32 Å². The predicted molar refractivity (Wildman–Crippen MR) is 62.2 cm³/mol. The fourth-order valence-electron chi connectivity index (χ4n) is 2.16. The van der Waals surface area contributed by atoms with E-state index in [0.29, 0.717) is 12.1 Å². The van der Waals surface area contributed by atoms with E-state index in [1.54, 1.807) is 7.11 Å². The van der Waals surface area contributed by atoms with Crippen molar-refractivity contribution in [1.29, 1.82) is 0 Å². The second-order valence-electron chi connectivity index (χ2n) is 4.34. The summed E-state index contributed by atoms with van der Waals surface area (Å²) in [5.74, 6) is 0. The van der Waals surface area contributed by atoms with Gasteiger partial charge in [-0.3, -0.25) is 0 Å². The maximum absolute atomic E-state index is 5.75. The fraction of sp³-hybridized carbons (Fsp3) is 1.00. The first-order valence-electron chi connectivity index (χ1n) is 6.14. The number of rotatable bonds is 7. The first kappa shape index (κ1) is 12.9. The number of nitrogens with one attached hydrogen (secondary N) is 1. The van der Waals surface area contributed by atoms with Crippen LogP contribution in [0, 0.1) is 0 Å². The Kier molecular flexibility index (Phi) is 6.98. The molecule has 0 amide bonds. The highest BCUT2D eigenvalue weighted by Gasteiger charge is 2.18. The Balaban J connectivity index is 2.13. The predicted octanol–water partition coefficient (Wildman–Crippen LogP) is 1.96. The van der Waals surface area contributed by atoms with Crippen LogP contribution in [0.25, 0.3) is 0 Å². The highest BCUT2D eigenvalue weighted by Crippen LogP contribution is 2.18. The molecule has 2 unspecified atom stereocenters. The molecule has 2 atom stereocenters. The normalized spacial score (nSPS) is 24.0. The molecule has 0 aromatic rings. The second kappa shape index (κ2) is 8.08. The Morgan fingerprint density at radius 2 is 2.33 bits per heavy atom. The number of methoxy groups -OCH3 is 1. The topological polar surface area (TPSA) is 30.5 Å². The number of hydrogen-bond donors (Lipinski definition) is 1. The van der Waals surface area contributed by atoms with Crippen LogP contribution in [0.4, 0.5) is 0 Å². The molecule has 0 saturated carbocycles. The van der Waals surface area contributed by atoms with E-state index in [4.69, 9.17) is 9.47 Å². The second-order valence-corrected chi connectivity index (χ2v) is 4.34. The van der Waals surface area contributed by atoms with Crippen molar-refractivity contribution >= 4 is 0 Å². The lowest BCUT2D eigenvalue weighted by molar-refractivity contribution is 0.00469. The average molecular weight is 215 g/mol. The minimum Gasteiger partial charge on any atom is -0.385 e. The largest absolute Gasteiger partial charge is 0.385 e. The summed E-state index contributed by atoms with van der Waals surface area (Å²) in [5, 5.41) is 3.37. The van der Waals surface area contributed by atoms with Gasteiger partial charge in [-0.25, -0.2) is 0 Å². The van der Waals surface area contributed by atoms with E-state index >= 15 is 0 Å². The van der Waals surface area contributed by atoms with E-state index in [1.807, 2.05) is 7.05 Å². The van der Waals surface area contributed by atoms with Crippen LogP contribution in [-0.2, 0) is 9.47 Å². The standard InChI is InChI=1S/C12H25NO2/c1-13-11(6-5-8-14-2)10-12-7-3-4-9-15-12/h11-13H,3-10H2,1-2H3. The van der Waals surface area contributed by atoms with E-state index in [1.165, 1.54) is 25.7 Å². The van der Waals surface area contributed by atoms with Crippen molar-refractivity contribution in [2.45, 2.75) is 50.7 Å². The summed E-state index contributed by atoms with van der Waals surface area (Å²) in [6, 6.07) is 0.586. The van der Waals surface area contributed by atoms with E-state index in [-0.39, 0.29) is 0 Å². The third-order valence-electron chi connectivity index (χ3n) is 3.13. The maximum Gasteiger partial charge on any atom is 0.0590 e. The van der Waals surface area contributed by atoms with Crippen LogP contribution >= 0.6 is 0 Å². The van der Waals surface area contributed by atoms with E-state index in [0.717, 1.165) is 26.1 Å². The Hall–Kier alpha value is -0.120. The smallest absolute Gasteiger partial charge is 0.0590 e. The van der Waals surface area contributed by atoms with Crippen LogP contribution in [-0.4, -0.2) is 39.5 Å². The van der Waals surface area contributed by atoms with E-state index < -0.39 is 0 Å². The van der Waals surface area contributed by atoms with Gasteiger partial charge < -0.3 is 14.8 Å². The Morgan fingerprint density at radius 3 is 2.93 bits per heavy atom. The third kappa shape index (κ3) is 5.50. The van der Waals surface area contributed by atoms with Crippen molar-refractivity contribution in [2.24, 2.45) is 0 Å². The molecule has 3 heteroatoms. The first-order valence-corrected chi connectivity index (χ1v) is 6.14. The van der Waals surface area contributed by atoms with Gasteiger partial charge in [-0.2, -0.15) is 0 Å². The van der Waals surface area contributed by atoms with Gasteiger partial charge >= 0.3 is 0 Å². The van der Waals surface area contributed by atoms with Crippen molar-refractivity contribution in [3.8, 4) is 0 Å². The van der Waals surface area contributed by atoms with Crippen LogP contribution in [0.15, 0.2) is 0 Å². The SMILES string of the molecule is CNC(CCCOC)CC1CCCCO1. The van der Waals surface area contributed by atoms with Crippen molar-refractivity contribution in [2.75, 3.05) is 27.4 Å². The molecule has 0 aliphatic carbocycles. The number of ether oxygens (including phenoxy) is 2. The monoisotopic (exact) mass is 215 g/mol.